The Morgan fingerprint density at radius 2 is 1.64 bits per heavy atom. The van der Waals surface area contributed by atoms with Gasteiger partial charge in [-0.1, -0.05) is 73.7 Å². The van der Waals surface area contributed by atoms with Crippen LogP contribution in [0.5, 0.6) is 0 Å². The van der Waals surface area contributed by atoms with Gasteiger partial charge in [-0.15, -0.1) is 0 Å². The van der Waals surface area contributed by atoms with Crippen molar-refractivity contribution >= 4 is 17.4 Å². The van der Waals surface area contributed by atoms with Gasteiger partial charge in [0, 0.05) is 29.9 Å². The fourth-order valence-corrected chi connectivity index (χ4v) is 4.02. The van der Waals surface area contributed by atoms with Gasteiger partial charge < -0.3 is 16.8 Å². The molecular weight excluding hydrogens is 410 g/mol. The largest absolute Gasteiger partial charge is 0.404 e. The molecule has 1 amide bonds. The lowest BCUT2D eigenvalue weighted by Crippen LogP contribution is -2.48. The van der Waals surface area contributed by atoms with Crippen LogP contribution in [-0.2, 0) is 10.2 Å². The highest BCUT2D eigenvalue weighted by molar-refractivity contribution is 5.91. The van der Waals surface area contributed by atoms with Crippen LogP contribution >= 0.6 is 0 Å². The van der Waals surface area contributed by atoms with Crippen molar-refractivity contribution < 1.29 is 4.79 Å². The van der Waals surface area contributed by atoms with Crippen molar-refractivity contribution in [1.29, 1.82) is 0 Å². The molecule has 33 heavy (non-hydrogen) atoms. The quantitative estimate of drug-likeness (QED) is 0.477. The first-order chi connectivity index (χ1) is 16.0. The van der Waals surface area contributed by atoms with Crippen molar-refractivity contribution in [3.05, 3.63) is 109 Å². The zero-order chi connectivity index (χ0) is 23.3. The van der Waals surface area contributed by atoms with Crippen molar-refractivity contribution in [2.75, 3.05) is 5.73 Å². The molecule has 0 aliphatic heterocycles. The molecule has 4 rings (SSSR count). The number of allylic oxidation sites excluding steroid dienone is 3. The molecule has 1 aliphatic rings. The predicted octanol–water partition coefficient (Wildman–Crippen LogP) is 4.33. The average molecular weight is 438 g/mol. The molecule has 2 aromatic carbocycles. The molecule has 0 atom stereocenters. The van der Waals surface area contributed by atoms with Crippen LogP contribution in [0.3, 0.4) is 0 Å². The minimum atomic E-state index is -0.543. The third kappa shape index (κ3) is 4.70. The maximum Gasteiger partial charge on any atom is 0.235 e. The minimum absolute atomic E-state index is 0.0371. The third-order valence-electron chi connectivity index (χ3n) is 6.11. The van der Waals surface area contributed by atoms with Crippen LogP contribution in [0, 0.1) is 0 Å². The second-order valence-electron chi connectivity index (χ2n) is 8.14. The maximum absolute atomic E-state index is 13.3. The molecule has 6 nitrogen and oxygen atoms in total. The number of amides is 1. The van der Waals surface area contributed by atoms with Crippen LogP contribution in [0.15, 0.2) is 97.6 Å². The van der Waals surface area contributed by atoms with Gasteiger partial charge in [-0.25, -0.2) is 9.97 Å². The van der Waals surface area contributed by atoms with Crippen molar-refractivity contribution in [3.8, 4) is 11.1 Å². The van der Waals surface area contributed by atoms with Crippen LogP contribution in [0.4, 0.5) is 5.95 Å². The first kappa shape index (κ1) is 22.0. The van der Waals surface area contributed by atoms with E-state index in [4.69, 9.17) is 11.5 Å². The summed E-state index contributed by atoms with van der Waals surface area (Å²) < 4.78 is 0. The lowest BCUT2D eigenvalue weighted by Gasteiger charge is -2.40. The molecule has 0 bridgehead atoms. The Balaban J connectivity index is 1.46. The highest BCUT2D eigenvalue weighted by Crippen LogP contribution is 2.44. The SMILES string of the molecule is C=C(/C=C\C(=C/N)c1ccccc1)NC(=O)C1(c2ccc(-c3cnc(N)nc3)cc2)CCC1. The van der Waals surface area contributed by atoms with Crippen molar-refractivity contribution in [3.63, 3.8) is 0 Å². The molecule has 0 saturated heterocycles. The van der Waals surface area contributed by atoms with Crippen LogP contribution in [0.25, 0.3) is 16.7 Å². The Kier molecular flexibility index (Phi) is 6.36. The molecule has 1 saturated carbocycles. The number of rotatable bonds is 7. The number of aromatic nitrogens is 2. The number of anilines is 1. The molecule has 0 spiro atoms. The van der Waals surface area contributed by atoms with E-state index in [0.29, 0.717) is 5.70 Å². The summed E-state index contributed by atoms with van der Waals surface area (Å²) in [5.74, 6) is 0.206. The van der Waals surface area contributed by atoms with Gasteiger partial charge in [-0.2, -0.15) is 0 Å². The number of hydrogen-bond donors (Lipinski definition) is 3. The van der Waals surface area contributed by atoms with Crippen LogP contribution in [0.2, 0.25) is 0 Å². The lowest BCUT2D eigenvalue weighted by molar-refractivity contribution is -0.129. The van der Waals surface area contributed by atoms with Crippen molar-refractivity contribution in [1.82, 2.24) is 15.3 Å². The maximum atomic E-state index is 13.3. The number of carbonyl (C=O) groups excluding carboxylic acids is 1. The topological polar surface area (TPSA) is 107 Å². The molecule has 0 unspecified atom stereocenters. The summed E-state index contributed by atoms with van der Waals surface area (Å²) in [5, 5.41) is 2.98. The number of nitrogens with one attached hydrogen (secondary N) is 1. The summed E-state index contributed by atoms with van der Waals surface area (Å²) in [6.45, 7) is 4.01. The van der Waals surface area contributed by atoms with Gasteiger partial charge in [-0.05, 0) is 41.2 Å². The van der Waals surface area contributed by atoms with Crippen LogP contribution in [-0.4, -0.2) is 15.9 Å². The molecular formula is C27H27N5O. The van der Waals surface area contributed by atoms with E-state index >= 15 is 0 Å². The average Bonchev–Trinajstić information content (AvgIpc) is 2.80. The summed E-state index contributed by atoms with van der Waals surface area (Å²) in [6, 6.07) is 17.8. The van der Waals surface area contributed by atoms with Crippen LogP contribution < -0.4 is 16.8 Å². The first-order valence-electron chi connectivity index (χ1n) is 10.9. The second kappa shape index (κ2) is 9.53. The van der Waals surface area contributed by atoms with Gasteiger partial charge >= 0.3 is 0 Å². The van der Waals surface area contributed by atoms with E-state index in [2.05, 4.69) is 21.9 Å². The van der Waals surface area contributed by atoms with E-state index in [1.807, 2.05) is 60.7 Å². The summed E-state index contributed by atoms with van der Waals surface area (Å²) in [7, 11) is 0. The standard InChI is InChI=1S/C27H27N5O/c1-19(8-9-22(16-28)20-6-3-2-4-7-20)32-25(33)27(14-5-15-27)24-12-10-21(11-13-24)23-17-30-26(29)31-18-23/h2-4,6-13,16-18H,1,5,14-15,28H2,(H,32,33)(H2,29,30,31)/b9-8-,22-16+. The van der Waals surface area contributed by atoms with Gasteiger partial charge in [0.05, 0.1) is 5.41 Å². The Bertz CT molecular complexity index is 1190. The van der Waals surface area contributed by atoms with E-state index in [9.17, 15) is 4.79 Å². The third-order valence-corrected chi connectivity index (χ3v) is 6.11. The number of hydrogen-bond acceptors (Lipinski definition) is 5. The smallest absolute Gasteiger partial charge is 0.235 e. The predicted molar refractivity (Wildman–Crippen MR) is 132 cm³/mol. The highest BCUT2D eigenvalue weighted by atomic mass is 16.2. The Morgan fingerprint density at radius 3 is 2.21 bits per heavy atom. The van der Waals surface area contributed by atoms with E-state index in [0.717, 1.165) is 47.1 Å². The Labute approximate surface area is 193 Å². The summed E-state index contributed by atoms with van der Waals surface area (Å²) in [5.41, 5.74) is 16.0. The fraction of sp³-hybridized carbons (Fsp3) is 0.148. The summed E-state index contributed by atoms with van der Waals surface area (Å²) in [4.78, 5) is 21.3. The van der Waals surface area contributed by atoms with Gasteiger partial charge in [0.25, 0.3) is 0 Å². The first-order valence-corrected chi connectivity index (χ1v) is 10.9. The number of benzene rings is 2. The van der Waals surface area contributed by atoms with Gasteiger partial charge in [0.15, 0.2) is 0 Å². The normalized spacial score (nSPS) is 15.1. The molecule has 1 aliphatic carbocycles. The van der Waals surface area contributed by atoms with Gasteiger partial charge in [0.2, 0.25) is 11.9 Å². The molecule has 5 N–H and O–H groups in total. The number of carbonyl (C=O) groups is 1. The monoisotopic (exact) mass is 437 g/mol. The van der Waals surface area contributed by atoms with E-state index < -0.39 is 5.41 Å². The molecule has 1 heterocycles. The Hall–Kier alpha value is -4.19. The lowest BCUT2D eigenvalue weighted by atomic mass is 9.63. The van der Waals surface area contributed by atoms with Gasteiger partial charge in [-0.3, -0.25) is 4.79 Å². The van der Waals surface area contributed by atoms with E-state index in [-0.39, 0.29) is 11.9 Å². The van der Waals surface area contributed by atoms with E-state index in [1.165, 1.54) is 0 Å². The molecule has 6 heteroatoms. The van der Waals surface area contributed by atoms with Gasteiger partial charge in [0.1, 0.15) is 0 Å². The molecule has 3 aromatic rings. The summed E-state index contributed by atoms with van der Waals surface area (Å²) in [6.07, 6.45) is 11.2. The number of nitrogen functional groups attached to an aromatic ring is 1. The zero-order valence-electron chi connectivity index (χ0n) is 18.4. The Morgan fingerprint density at radius 1 is 0.970 bits per heavy atom. The number of nitrogens with two attached hydrogens (primary N) is 2. The highest BCUT2D eigenvalue weighted by Gasteiger charge is 2.45. The second-order valence-corrected chi connectivity index (χ2v) is 8.14. The van der Waals surface area contributed by atoms with Crippen LogP contribution in [0.1, 0.15) is 30.4 Å². The molecule has 1 fully saturated rings. The molecule has 1 aromatic heterocycles. The number of nitrogens with zero attached hydrogens (tertiary/aromatic N) is 2. The minimum Gasteiger partial charge on any atom is -0.404 e. The zero-order valence-corrected chi connectivity index (χ0v) is 18.4. The molecule has 166 valence electrons. The fourth-order valence-electron chi connectivity index (χ4n) is 4.02. The van der Waals surface area contributed by atoms with Crippen molar-refractivity contribution in [2.45, 2.75) is 24.7 Å². The molecule has 0 radical (unpaired) electrons. The summed E-state index contributed by atoms with van der Waals surface area (Å²) >= 11 is 0. The van der Waals surface area contributed by atoms with E-state index in [1.54, 1.807) is 24.7 Å². The van der Waals surface area contributed by atoms with Crippen molar-refractivity contribution in [2.24, 2.45) is 5.73 Å².